The van der Waals surface area contributed by atoms with Gasteiger partial charge in [0.2, 0.25) is 5.91 Å². The van der Waals surface area contributed by atoms with Gasteiger partial charge >= 0.3 is 0 Å². The van der Waals surface area contributed by atoms with Crippen LogP contribution in [0.2, 0.25) is 0 Å². The van der Waals surface area contributed by atoms with Crippen LogP contribution >= 0.6 is 0 Å². The number of hydrogen-bond acceptors (Lipinski definition) is 10. The standard InChI is InChI=1S/C24H29N9O4/c1-24(2,36)11-28-22(34)18(17-5-6-37-17)19-16(10-29-33-19)32-23(35)20-21(30-14-7-25-12-26-8-14)27-9-15(31-20)13-3-4-13/h7-10,12-13,17-18,36H,3-6,11H2,1-2H3,(H,27,30)(H,28,34)(H,29,33)(H,32,35). The summed E-state index contributed by atoms with van der Waals surface area (Å²) in [6, 6.07) is 0. The number of nitrogens with one attached hydrogen (secondary N) is 4. The van der Waals surface area contributed by atoms with E-state index < -0.39 is 17.4 Å². The van der Waals surface area contributed by atoms with Gasteiger partial charge < -0.3 is 25.8 Å². The average Bonchev–Trinajstić information content (AvgIpc) is 3.59. The maximum Gasteiger partial charge on any atom is 0.278 e. The fourth-order valence-electron chi connectivity index (χ4n) is 3.96. The molecule has 13 nitrogen and oxygen atoms in total. The Labute approximate surface area is 212 Å². The number of ether oxygens (including phenoxy) is 1. The zero-order valence-corrected chi connectivity index (χ0v) is 20.6. The molecule has 2 atom stereocenters. The number of anilines is 3. The number of aliphatic hydroxyl groups is 1. The normalized spacial score (nSPS) is 18.0. The number of carbonyl (C=O) groups excluding carboxylic acids is 2. The summed E-state index contributed by atoms with van der Waals surface area (Å²) < 4.78 is 5.62. The van der Waals surface area contributed by atoms with Crippen molar-refractivity contribution >= 4 is 29.0 Å². The van der Waals surface area contributed by atoms with Crippen LogP contribution in [0.4, 0.5) is 17.2 Å². The van der Waals surface area contributed by atoms with Gasteiger partial charge in [-0.25, -0.2) is 19.9 Å². The molecular weight excluding hydrogens is 478 g/mol. The highest BCUT2D eigenvalue weighted by atomic mass is 16.5. The molecule has 1 saturated carbocycles. The summed E-state index contributed by atoms with van der Waals surface area (Å²) in [5.74, 6) is -1.06. The van der Waals surface area contributed by atoms with Crippen LogP contribution in [0, 0.1) is 0 Å². The Kier molecular flexibility index (Phi) is 6.80. The molecule has 1 aliphatic carbocycles. The third-order valence-corrected chi connectivity index (χ3v) is 6.14. The van der Waals surface area contributed by atoms with Crippen molar-refractivity contribution in [2.24, 2.45) is 0 Å². The van der Waals surface area contributed by atoms with Crippen molar-refractivity contribution in [2.45, 2.75) is 56.7 Å². The molecule has 0 bridgehead atoms. The molecule has 2 aliphatic rings. The minimum absolute atomic E-state index is 0.0622. The summed E-state index contributed by atoms with van der Waals surface area (Å²) in [4.78, 5) is 43.6. The second kappa shape index (κ2) is 10.2. The fraction of sp³-hybridized carbons (Fsp3) is 0.458. The molecular formula is C24H29N9O4. The first-order valence-electron chi connectivity index (χ1n) is 12.1. The molecule has 37 heavy (non-hydrogen) atoms. The minimum Gasteiger partial charge on any atom is -0.389 e. The number of rotatable bonds is 10. The van der Waals surface area contributed by atoms with E-state index >= 15 is 0 Å². The van der Waals surface area contributed by atoms with E-state index in [2.05, 4.69) is 46.1 Å². The predicted octanol–water partition coefficient (Wildman–Crippen LogP) is 1.62. The molecule has 5 N–H and O–H groups in total. The number of aromatic nitrogens is 6. The molecule has 13 heteroatoms. The summed E-state index contributed by atoms with van der Waals surface area (Å²) in [6.45, 7) is 3.81. The highest BCUT2D eigenvalue weighted by molar-refractivity contribution is 6.07. The van der Waals surface area contributed by atoms with Gasteiger partial charge in [0.25, 0.3) is 5.91 Å². The minimum atomic E-state index is -1.08. The lowest BCUT2D eigenvalue weighted by molar-refractivity contribution is -0.134. The number of aromatic amines is 1. The van der Waals surface area contributed by atoms with Crippen molar-refractivity contribution < 1.29 is 19.4 Å². The van der Waals surface area contributed by atoms with Gasteiger partial charge in [-0.3, -0.25) is 14.7 Å². The summed E-state index contributed by atoms with van der Waals surface area (Å²) in [5, 5.41) is 25.6. The molecule has 0 aromatic carbocycles. The topological polar surface area (TPSA) is 180 Å². The number of carbonyl (C=O) groups is 2. The number of H-pyrrole nitrogens is 1. The van der Waals surface area contributed by atoms with Gasteiger partial charge in [-0.15, -0.1) is 0 Å². The van der Waals surface area contributed by atoms with E-state index in [1.165, 1.54) is 12.5 Å². The van der Waals surface area contributed by atoms with Gasteiger partial charge in [-0.05, 0) is 33.1 Å². The van der Waals surface area contributed by atoms with Crippen LogP contribution in [0.25, 0.3) is 0 Å². The summed E-state index contributed by atoms with van der Waals surface area (Å²) >= 11 is 0. The first-order chi connectivity index (χ1) is 17.8. The highest BCUT2D eigenvalue weighted by Gasteiger charge is 2.38. The molecule has 2 unspecified atom stereocenters. The van der Waals surface area contributed by atoms with Crippen LogP contribution in [0.5, 0.6) is 0 Å². The third-order valence-electron chi connectivity index (χ3n) is 6.14. The van der Waals surface area contributed by atoms with Gasteiger partial charge in [0.1, 0.15) is 12.2 Å². The molecule has 2 fully saturated rings. The lowest BCUT2D eigenvalue weighted by Crippen LogP contribution is -2.46. The molecule has 4 heterocycles. The maximum absolute atomic E-state index is 13.5. The van der Waals surface area contributed by atoms with E-state index in [9.17, 15) is 14.7 Å². The first-order valence-corrected chi connectivity index (χ1v) is 12.1. The fourth-order valence-corrected chi connectivity index (χ4v) is 3.96. The Hall–Kier alpha value is -3.97. The molecule has 3 aromatic heterocycles. The van der Waals surface area contributed by atoms with Crippen LogP contribution in [-0.2, 0) is 9.53 Å². The van der Waals surface area contributed by atoms with E-state index in [0.717, 1.165) is 18.5 Å². The van der Waals surface area contributed by atoms with E-state index in [1.807, 2.05) is 0 Å². The smallest absolute Gasteiger partial charge is 0.278 e. The molecule has 194 valence electrons. The summed E-state index contributed by atoms with van der Waals surface area (Å²) in [5.41, 5.74) is 1.06. The molecule has 2 amide bonds. The highest BCUT2D eigenvalue weighted by Crippen LogP contribution is 2.39. The van der Waals surface area contributed by atoms with Crippen LogP contribution in [-0.4, -0.2) is 71.9 Å². The SMILES string of the molecule is CC(C)(O)CNC(=O)C(c1[nH]ncc1NC(=O)c1nc(C2CC2)cnc1Nc1cncnc1)C1CCO1. The zero-order chi connectivity index (χ0) is 26.0. The lowest BCUT2D eigenvalue weighted by atomic mass is 9.91. The Morgan fingerprint density at radius 1 is 1.19 bits per heavy atom. The largest absolute Gasteiger partial charge is 0.389 e. The summed E-state index contributed by atoms with van der Waals surface area (Å²) in [6.07, 6.45) is 9.94. The molecule has 0 spiro atoms. The van der Waals surface area contributed by atoms with Crippen molar-refractivity contribution in [1.82, 2.24) is 35.5 Å². The number of hydrogen-bond donors (Lipinski definition) is 5. The van der Waals surface area contributed by atoms with Gasteiger partial charge in [-0.2, -0.15) is 5.10 Å². The monoisotopic (exact) mass is 507 g/mol. The Bertz CT molecular complexity index is 1270. The number of nitrogens with zero attached hydrogens (tertiary/aromatic N) is 5. The first kappa shape index (κ1) is 24.7. The van der Waals surface area contributed by atoms with Crippen LogP contribution in [0.15, 0.2) is 31.1 Å². The zero-order valence-electron chi connectivity index (χ0n) is 20.6. The van der Waals surface area contributed by atoms with Gasteiger partial charge in [0.15, 0.2) is 11.5 Å². The van der Waals surface area contributed by atoms with Gasteiger partial charge in [0.05, 0.1) is 59.3 Å². The summed E-state index contributed by atoms with van der Waals surface area (Å²) in [7, 11) is 0. The lowest BCUT2D eigenvalue weighted by Gasteiger charge is -2.33. The van der Waals surface area contributed by atoms with Crippen molar-refractivity contribution in [3.05, 3.63) is 48.2 Å². The molecule has 5 rings (SSSR count). The Morgan fingerprint density at radius 2 is 1.95 bits per heavy atom. The third kappa shape index (κ3) is 5.89. The second-order valence-electron chi connectivity index (χ2n) is 9.88. The van der Waals surface area contributed by atoms with Gasteiger partial charge in [0, 0.05) is 19.1 Å². The van der Waals surface area contributed by atoms with Crippen molar-refractivity contribution in [3.8, 4) is 0 Å². The quantitative estimate of drug-likeness (QED) is 0.271. The van der Waals surface area contributed by atoms with Gasteiger partial charge in [-0.1, -0.05) is 0 Å². The Balaban J connectivity index is 1.40. The molecule has 0 radical (unpaired) electrons. The number of amides is 2. The van der Waals surface area contributed by atoms with Crippen molar-refractivity contribution in [1.29, 1.82) is 0 Å². The van der Waals surface area contributed by atoms with E-state index in [4.69, 9.17) is 4.74 Å². The van der Waals surface area contributed by atoms with Crippen molar-refractivity contribution in [3.63, 3.8) is 0 Å². The van der Waals surface area contributed by atoms with E-state index in [-0.39, 0.29) is 36.0 Å². The van der Waals surface area contributed by atoms with Crippen molar-refractivity contribution in [2.75, 3.05) is 23.8 Å². The molecule has 1 saturated heterocycles. The predicted molar refractivity (Wildman–Crippen MR) is 132 cm³/mol. The second-order valence-corrected chi connectivity index (χ2v) is 9.88. The molecule has 1 aliphatic heterocycles. The van der Waals surface area contributed by atoms with E-state index in [0.29, 0.717) is 30.1 Å². The maximum atomic E-state index is 13.5. The Morgan fingerprint density at radius 3 is 2.59 bits per heavy atom. The van der Waals surface area contributed by atoms with Crippen LogP contribution < -0.4 is 16.0 Å². The van der Waals surface area contributed by atoms with Crippen LogP contribution in [0.1, 0.15) is 66.8 Å². The molecule has 3 aromatic rings. The van der Waals surface area contributed by atoms with Crippen LogP contribution in [0.3, 0.4) is 0 Å². The van der Waals surface area contributed by atoms with E-state index in [1.54, 1.807) is 32.4 Å². The average molecular weight is 508 g/mol.